The summed E-state index contributed by atoms with van der Waals surface area (Å²) in [4.78, 5) is 17.3. The van der Waals surface area contributed by atoms with Gasteiger partial charge >= 0.3 is 0 Å². The summed E-state index contributed by atoms with van der Waals surface area (Å²) >= 11 is 6.10. The molecule has 1 aliphatic carbocycles. The van der Waals surface area contributed by atoms with Crippen LogP contribution in [0.5, 0.6) is 0 Å². The number of hydrogen-bond acceptors (Lipinski definition) is 6. The van der Waals surface area contributed by atoms with Gasteiger partial charge in [0.05, 0.1) is 23.3 Å². The zero-order valence-corrected chi connectivity index (χ0v) is 23.6. The number of aromatic nitrogens is 1. The van der Waals surface area contributed by atoms with E-state index in [9.17, 15) is 17.6 Å². The van der Waals surface area contributed by atoms with Crippen LogP contribution in [0.15, 0.2) is 36.7 Å². The number of anilines is 1. The molecule has 3 aliphatic rings. The van der Waals surface area contributed by atoms with Gasteiger partial charge in [0.1, 0.15) is 5.82 Å². The Bertz CT molecular complexity index is 1270. The minimum Gasteiger partial charge on any atom is -0.381 e. The van der Waals surface area contributed by atoms with Gasteiger partial charge in [0.2, 0.25) is 15.9 Å². The van der Waals surface area contributed by atoms with Crippen molar-refractivity contribution in [3.05, 3.63) is 58.6 Å². The first kappa shape index (κ1) is 28.4. The van der Waals surface area contributed by atoms with Gasteiger partial charge in [-0.15, -0.1) is 0 Å². The van der Waals surface area contributed by atoms with Crippen molar-refractivity contribution >= 4 is 33.2 Å². The Balaban J connectivity index is 1.25. The molecule has 1 atom stereocenters. The quantitative estimate of drug-likeness (QED) is 0.441. The van der Waals surface area contributed by atoms with E-state index in [1.165, 1.54) is 6.20 Å². The Morgan fingerprint density at radius 2 is 1.95 bits per heavy atom. The summed E-state index contributed by atoms with van der Waals surface area (Å²) < 4.78 is 47.9. The molecule has 11 heteroatoms. The molecule has 1 aromatic carbocycles. The van der Waals surface area contributed by atoms with Crippen molar-refractivity contribution in [2.24, 2.45) is 0 Å². The molecule has 39 heavy (non-hydrogen) atoms. The first-order valence-electron chi connectivity index (χ1n) is 13.8. The summed E-state index contributed by atoms with van der Waals surface area (Å²) in [6, 6.07) is 7.44. The van der Waals surface area contributed by atoms with Crippen molar-refractivity contribution < 1.29 is 22.3 Å². The van der Waals surface area contributed by atoms with Gasteiger partial charge in [0.25, 0.3) is 0 Å². The van der Waals surface area contributed by atoms with Crippen LogP contribution in [-0.2, 0) is 31.4 Å². The molecule has 2 saturated heterocycles. The number of nitrogens with zero attached hydrogens (tertiary/aromatic N) is 2. The molecule has 5 rings (SSSR count). The van der Waals surface area contributed by atoms with Gasteiger partial charge in [-0.25, -0.2) is 12.8 Å². The van der Waals surface area contributed by atoms with Crippen LogP contribution < -0.4 is 10.6 Å². The van der Waals surface area contributed by atoms with Gasteiger partial charge in [-0.2, -0.15) is 4.31 Å². The number of hydrogen-bond donors (Lipinski definition) is 2. The van der Waals surface area contributed by atoms with Gasteiger partial charge in [-0.3, -0.25) is 9.78 Å². The second kappa shape index (κ2) is 12.2. The first-order valence-corrected chi connectivity index (χ1v) is 15.6. The van der Waals surface area contributed by atoms with Gasteiger partial charge < -0.3 is 15.4 Å². The second-order valence-electron chi connectivity index (χ2n) is 10.9. The molecule has 1 aromatic heterocycles. The highest BCUT2D eigenvalue weighted by atomic mass is 35.5. The Kier molecular flexibility index (Phi) is 8.88. The minimum absolute atomic E-state index is 0.153. The van der Waals surface area contributed by atoms with Crippen LogP contribution in [0.2, 0.25) is 5.02 Å². The first-order chi connectivity index (χ1) is 18.8. The molecule has 2 aliphatic heterocycles. The third-order valence-corrected chi connectivity index (χ3v) is 10.9. The Morgan fingerprint density at radius 1 is 1.21 bits per heavy atom. The maximum atomic E-state index is 14.9. The smallest absolute Gasteiger partial charge is 0.225 e. The molecule has 2 aromatic rings. The molecule has 3 fully saturated rings. The maximum absolute atomic E-state index is 14.9. The number of ether oxygens (including phenoxy) is 1. The van der Waals surface area contributed by atoms with E-state index in [1.807, 2.05) is 24.3 Å². The molecule has 0 radical (unpaired) electrons. The van der Waals surface area contributed by atoms with Gasteiger partial charge in [-0.1, -0.05) is 23.7 Å². The number of carbonyl (C=O) groups excluding carboxylic acids is 1. The molecule has 0 bridgehead atoms. The lowest BCUT2D eigenvalue weighted by Gasteiger charge is -2.37. The molecular weight excluding hydrogens is 543 g/mol. The van der Waals surface area contributed by atoms with Gasteiger partial charge in [0, 0.05) is 61.3 Å². The van der Waals surface area contributed by atoms with Crippen LogP contribution in [0.25, 0.3) is 0 Å². The SMILES string of the molecule is O=C(CC1(c2ccc(Cl)cc2)CCOCC1)Nc1cncc(F)c1CCCC1CNCCN1S(=O)(=O)C1CC1. The number of rotatable bonds is 10. The van der Waals surface area contributed by atoms with E-state index in [0.29, 0.717) is 81.2 Å². The lowest BCUT2D eigenvalue weighted by Crippen LogP contribution is -2.54. The number of benzene rings is 1. The van der Waals surface area contributed by atoms with E-state index >= 15 is 0 Å². The Hall–Kier alpha value is -2.11. The van der Waals surface area contributed by atoms with Gasteiger partial charge in [-0.05, 0) is 62.6 Å². The van der Waals surface area contributed by atoms with Crippen molar-refractivity contribution in [1.29, 1.82) is 0 Å². The summed E-state index contributed by atoms with van der Waals surface area (Å²) in [6.07, 6.45) is 7.30. The highest BCUT2D eigenvalue weighted by Crippen LogP contribution is 2.39. The number of carbonyl (C=O) groups is 1. The number of pyridine rings is 1. The fraction of sp³-hybridized carbons (Fsp3) is 0.571. The maximum Gasteiger partial charge on any atom is 0.225 e. The monoisotopic (exact) mass is 578 g/mol. The minimum atomic E-state index is -3.27. The van der Waals surface area contributed by atoms with Crippen LogP contribution in [0.4, 0.5) is 10.1 Å². The molecule has 1 unspecified atom stereocenters. The number of sulfonamides is 1. The highest BCUT2D eigenvalue weighted by molar-refractivity contribution is 7.90. The van der Waals surface area contributed by atoms with Crippen LogP contribution in [-0.4, -0.2) is 67.8 Å². The highest BCUT2D eigenvalue weighted by Gasteiger charge is 2.43. The second-order valence-corrected chi connectivity index (χ2v) is 13.5. The fourth-order valence-corrected chi connectivity index (χ4v) is 8.04. The molecule has 1 amide bonds. The van der Waals surface area contributed by atoms with E-state index in [2.05, 4.69) is 15.6 Å². The topological polar surface area (TPSA) is 101 Å². The van der Waals surface area contributed by atoms with E-state index in [4.69, 9.17) is 16.3 Å². The third kappa shape index (κ3) is 6.62. The molecule has 0 spiro atoms. The van der Waals surface area contributed by atoms with E-state index in [1.54, 1.807) is 4.31 Å². The van der Waals surface area contributed by atoms with Gasteiger partial charge in [0.15, 0.2) is 0 Å². The summed E-state index contributed by atoms with van der Waals surface area (Å²) in [5.41, 5.74) is 1.40. The number of nitrogens with one attached hydrogen (secondary N) is 2. The van der Waals surface area contributed by atoms with Crippen LogP contribution in [0.1, 0.15) is 56.1 Å². The van der Waals surface area contributed by atoms with Crippen LogP contribution in [0.3, 0.4) is 0 Å². The van der Waals surface area contributed by atoms with Crippen molar-refractivity contribution in [1.82, 2.24) is 14.6 Å². The number of amides is 1. The van der Waals surface area contributed by atoms with E-state index in [-0.39, 0.29) is 23.6 Å². The molecule has 1 saturated carbocycles. The molecule has 3 heterocycles. The van der Waals surface area contributed by atoms with E-state index in [0.717, 1.165) is 24.6 Å². The Labute approximate surface area is 234 Å². The average Bonchev–Trinajstić information content (AvgIpc) is 3.78. The molecule has 8 nitrogen and oxygen atoms in total. The average molecular weight is 579 g/mol. The molecule has 212 valence electrons. The third-order valence-electron chi connectivity index (χ3n) is 8.22. The van der Waals surface area contributed by atoms with Crippen molar-refractivity contribution in [3.63, 3.8) is 0 Å². The van der Waals surface area contributed by atoms with Crippen LogP contribution in [0, 0.1) is 5.82 Å². The number of piperazine rings is 1. The predicted octanol–water partition coefficient (Wildman–Crippen LogP) is 4.04. The molecule has 2 N–H and O–H groups in total. The van der Waals surface area contributed by atoms with Crippen molar-refractivity contribution in [2.45, 2.75) is 68.1 Å². The summed E-state index contributed by atoms with van der Waals surface area (Å²) in [6.45, 7) is 2.82. The van der Waals surface area contributed by atoms with Crippen molar-refractivity contribution in [2.75, 3.05) is 38.2 Å². The lowest BCUT2D eigenvalue weighted by atomic mass is 9.71. The standard InChI is InChI=1S/C28H36ClFN4O4S/c29-21-6-4-20(5-7-21)28(10-14-38-15-11-28)16-27(35)33-26-19-32-18-25(30)24(26)3-1-2-22-17-31-12-13-34(22)39(36,37)23-8-9-23/h4-7,18-19,22-23,31H,1-3,8-17H2,(H,33,35). The predicted molar refractivity (Wildman–Crippen MR) is 149 cm³/mol. The fourth-order valence-electron chi connectivity index (χ4n) is 5.85. The Morgan fingerprint density at radius 3 is 2.67 bits per heavy atom. The summed E-state index contributed by atoms with van der Waals surface area (Å²) in [7, 11) is -3.27. The zero-order chi connectivity index (χ0) is 27.5. The van der Waals surface area contributed by atoms with Crippen molar-refractivity contribution in [3.8, 4) is 0 Å². The van der Waals surface area contributed by atoms with Crippen LogP contribution >= 0.6 is 11.6 Å². The number of halogens is 2. The summed E-state index contributed by atoms with van der Waals surface area (Å²) in [5, 5.41) is 6.60. The summed E-state index contributed by atoms with van der Waals surface area (Å²) in [5.74, 6) is -0.686. The molecular formula is C28H36ClFN4O4S. The van der Waals surface area contributed by atoms with E-state index < -0.39 is 21.3 Å². The normalized spacial score (nSPS) is 21.9. The largest absolute Gasteiger partial charge is 0.381 e. The zero-order valence-electron chi connectivity index (χ0n) is 22.0. The lowest BCUT2D eigenvalue weighted by molar-refractivity contribution is -0.118.